The van der Waals surface area contributed by atoms with Gasteiger partial charge in [-0.25, -0.2) is 9.69 Å². The first-order valence-corrected chi connectivity index (χ1v) is 8.66. The maximum Gasteiger partial charge on any atom is 0.417 e. The highest BCUT2D eigenvalue weighted by Gasteiger charge is 2.39. The third kappa shape index (κ3) is 5.34. The van der Waals surface area contributed by atoms with Gasteiger partial charge in [-0.15, -0.1) is 0 Å². The molecule has 0 radical (unpaired) electrons. The van der Waals surface area contributed by atoms with E-state index < -0.39 is 12.2 Å². The fourth-order valence-corrected chi connectivity index (χ4v) is 2.79. The van der Waals surface area contributed by atoms with Gasteiger partial charge in [-0.05, 0) is 19.3 Å². The van der Waals surface area contributed by atoms with Crippen LogP contribution >= 0.6 is 0 Å². The minimum Gasteiger partial charge on any atom is -0.447 e. The van der Waals surface area contributed by atoms with E-state index in [0.29, 0.717) is 5.57 Å². The number of hydrogen-bond donors (Lipinski definition) is 1. The molecule has 5 heteroatoms. The van der Waals surface area contributed by atoms with E-state index in [9.17, 15) is 14.7 Å². The molecule has 1 N–H and O–H groups in total. The number of cyclic esters (lactones) is 1. The first kappa shape index (κ1) is 19.7. The second-order valence-corrected chi connectivity index (χ2v) is 6.84. The van der Waals surface area contributed by atoms with Gasteiger partial charge in [-0.1, -0.05) is 53.0 Å². The van der Waals surface area contributed by atoms with E-state index in [4.69, 9.17) is 4.74 Å². The standard InChI is InChI=1S/C18H31NO4/c1-6-7-8-9-16(20)13(4)10-14(5)17(21)19-15(12(2)3)11-23-18(19)22/h10,12-13,15-16,20H,6-9,11H2,1-5H3/b14-10+/t13-,15+,16+/m0/s1. The molecule has 0 aliphatic carbocycles. The summed E-state index contributed by atoms with van der Waals surface area (Å²) in [5, 5.41) is 10.2. The van der Waals surface area contributed by atoms with Crippen LogP contribution in [0.25, 0.3) is 0 Å². The lowest BCUT2D eigenvalue weighted by atomic mass is 9.96. The quantitative estimate of drug-likeness (QED) is 0.548. The summed E-state index contributed by atoms with van der Waals surface area (Å²) < 4.78 is 5.02. The maximum absolute atomic E-state index is 12.6. The van der Waals surface area contributed by atoms with Gasteiger partial charge < -0.3 is 9.84 Å². The molecule has 1 fully saturated rings. The molecular weight excluding hydrogens is 294 g/mol. The molecule has 1 aliphatic rings. The van der Waals surface area contributed by atoms with E-state index in [1.54, 1.807) is 13.0 Å². The molecule has 1 aliphatic heterocycles. The maximum atomic E-state index is 12.6. The van der Waals surface area contributed by atoms with Crippen LogP contribution in [0.5, 0.6) is 0 Å². The normalized spacial score (nSPS) is 21.5. The van der Waals surface area contributed by atoms with Crippen molar-refractivity contribution in [1.29, 1.82) is 0 Å². The lowest BCUT2D eigenvalue weighted by Gasteiger charge is -2.23. The van der Waals surface area contributed by atoms with Crippen molar-refractivity contribution >= 4 is 12.0 Å². The summed E-state index contributed by atoms with van der Waals surface area (Å²) in [7, 11) is 0. The highest BCUT2D eigenvalue weighted by atomic mass is 16.6. The average Bonchev–Trinajstić information content (AvgIpc) is 2.88. The third-order valence-electron chi connectivity index (χ3n) is 4.45. The topological polar surface area (TPSA) is 66.8 Å². The van der Waals surface area contributed by atoms with E-state index >= 15 is 0 Å². The summed E-state index contributed by atoms with van der Waals surface area (Å²) in [6.45, 7) is 9.90. The van der Waals surface area contributed by atoms with Crippen molar-refractivity contribution < 1.29 is 19.4 Å². The molecule has 3 atom stereocenters. The van der Waals surface area contributed by atoms with Crippen LogP contribution in [0.4, 0.5) is 4.79 Å². The lowest BCUT2D eigenvalue weighted by Crippen LogP contribution is -2.42. The Bertz CT molecular complexity index is 444. The van der Waals surface area contributed by atoms with E-state index in [-0.39, 0.29) is 30.4 Å². The number of nitrogens with zero attached hydrogens (tertiary/aromatic N) is 1. The van der Waals surface area contributed by atoms with Crippen molar-refractivity contribution in [3.8, 4) is 0 Å². The highest BCUT2D eigenvalue weighted by Crippen LogP contribution is 2.23. The van der Waals surface area contributed by atoms with Crippen LogP contribution < -0.4 is 0 Å². The molecule has 23 heavy (non-hydrogen) atoms. The van der Waals surface area contributed by atoms with Crippen molar-refractivity contribution in [3.05, 3.63) is 11.6 Å². The number of rotatable bonds is 8. The minimum atomic E-state index is -0.572. The molecule has 1 rings (SSSR count). The number of carbonyl (C=O) groups excluding carboxylic acids is 2. The van der Waals surface area contributed by atoms with E-state index in [2.05, 4.69) is 6.92 Å². The molecule has 0 aromatic rings. The molecule has 1 saturated heterocycles. The molecule has 0 saturated carbocycles. The first-order chi connectivity index (χ1) is 10.8. The van der Waals surface area contributed by atoms with Crippen LogP contribution in [-0.4, -0.2) is 40.8 Å². The third-order valence-corrected chi connectivity index (χ3v) is 4.45. The molecule has 0 bridgehead atoms. The zero-order valence-electron chi connectivity index (χ0n) is 15.0. The number of imide groups is 1. The Kier molecular flexibility index (Phi) is 7.76. The predicted octanol–water partition coefficient (Wildman–Crippen LogP) is 3.51. The van der Waals surface area contributed by atoms with Gasteiger partial charge in [0.15, 0.2) is 0 Å². The van der Waals surface area contributed by atoms with Crippen LogP contribution in [0.1, 0.15) is 60.3 Å². The van der Waals surface area contributed by atoms with Crippen LogP contribution in [0.2, 0.25) is 0 Å². The van der Waals surface area contributed by atoms with Gasteiger partial charge in [0.1, 0.15) is 6.61 Å². The molecule has 0 aromatic heterocycles. The van der Waals surface area contributed by atoms with E-state index in [0.717, 1.165) is 25.7 Å². The Morgan fingerprint density at radius 3 is 2.61 bits per heavy atom. The number of hydrogen-bond acceptors (Lipinski definition) is 4. The van der Waals surface area contributed by atoms with Gasteiger partial charge in [0.05, 0.1) is 12.1 Å². The number of aliphatic hydroxyl groups excluding tert-OH is 1. The molecule has 0 aromatic carbocycles. The zero-order chi connectivity index (χ0) is 17.6. The largest absolute Gasteiger partial charge is 0.447 e. The second-order valence-electron chi connectivity index (χ2n) is 6.84. The van der Waals surface area contributed by atoms with Crippen LogP contribution in [-0.2, 0) is 9.53 Å². The molecule has 0 spiro atoms. The number of unbranched alkanes of at least 4 members (excludes halogenated alkanes) is 2. The average molecular weight is 325 g/mol. The van der Waals surface area contributed by atoms with E-state index in [1.807, 2.05) is 20.8 Å². The molecule has 2 amide bonds. The van der Waals surface area contributed by atoms with Crippen molar-refractivity contribution in [2.24, 2.45) is 11.8 Å². The number of ether oxygens (including phenoxy) is 1. The van der Waals surface area contributed by atoms with Gasteiger partial charge in [-0.2, -0.15) is 0 Å². The SMILES string of the molecule is CCCCC[C@@H](O)[C@@H](C)/C=C(\C)C(=O)N1C(=O)OC[C@@H]1C(C)C. The summed E-state index contributed by atoms with van der Waals surface area (Å²) in [6.07, 6.45) is 4.66. The second kappa shape index (κ2) is 9.06. The fourth-order valence-electron chi connectivity index (χ4n) is 2.79. The molecular formula is C18H31NO4. The van der Waals surface area contributed by atoms with Crippen molar-refractivity contribution in [2.75, 3.05) is 6.61 Å². The van der Waals surface area contributed by atoms with Crippen LogP contribution in [0.15, 0.2) is 11.6 Å². The van der Waals surface area contributed by atoms with Gasteiger partial charge >= 0.3 is 6.09 Å². The predicted molar refractivity (Wildman–Crippen MR) is 89.9 cm³/mol. The summed E-state index contributed by atoms with van der Waals surface area (Å²) in [6, 6.07) is -0.219. The molecule has 132 valence electrons. The number of amides is 2. The van der Waals surface area contributed by atoms with Crippen molar-refractivity contribution in [3.63, 3.8) is 0 Å². The minimum absolute atomic E-state index is 0.119. The Balaban J connectivity index is 2.72. The van der Waals surface area contributed by atoms with E-state index in [1.165, 1.54) is 4.90 Å². The van der Waals surface area contributed by atoms with Crippen LogP contribution in [0.3, 0.4) is 0 Å². The lowest BCUT2D eigenvalue weighted by molar-refractivity contribution is -0.125. The molecule has 0 unspecified atom stereocenters. The van der Waals surface area contributed by atoms with Crippen molar-refractivity contribution in [2.45, 2.75) is 72.4 Å². The van der Waals surface area contributed by atoms with Gasteiger partial charge in [-0.3, -0.25) is 4.79 Å². The zero-order valence-corrected chi connectivity index (χ0v) is 15.0. The van der Waals surface area contributed by atoms with Gasteiger partial charge in [0.25, 0.3) is 5.91 Å². The van der Waals surface area contributed by atoms with Gasteiger partial charge in [0.2, 0.25) is 0 Å². The number of aliphatic hydroxyl groups is 1. The summed E-state index contributed by atoms with van der Waals surface area (Å²) >= 11 is 0. The summed E-state index contributed by atoms with van der Waals surface area (Å²) in [5.74, 6) is -0.291. The van der Waals surface area contributed by atoms with Crippen LogP contribution in [0, 0.1) is 11.8 Å². The Labute approximate surface area is 139 Å². The monoisotopic (exact) mass is 325 g/mol. The van der Waals surface area contributed by atoms with Gasteiger partial charge in [0, 0.05) is 11.5 Å². The summed E-state index contributed by atoms with van der Waals surface area (Å²) in [5.41, 5.74) is 0.483. The number of carbonyl (C=O) groups is 2. The fraction of sp³-hybridized carbons (Fsp3) is 0.778. The molecule has 1 heterocycles. The molecule has 5 nitrogen and oxygen atoms in total. The smallest absolute Gasteiger partial charge is 0.417 e. The Hall–Kier alpha value is -1.36. The van der Waals surface area contributed by atoms with Crippen molar-refractivity contribution in [1.82, 2.24) is 4.90 Å². The highest BCUT2D eigenvalue weighted by molar-refractivity contribution is 6.03. The Morgan fingerprint density at radius 2 is 2.04 bits per heavy atom. The Morgan fingerprint density at radius 1 is 1.39 bits per heavy atom. The first-order valence-electron chi connectivity index (χ1n) is 8.66. The summed E-state index contributed by atoms with van der Waals surface area (Å²) in [4.78, 5) is 25.6.